The normalized spacial score (nSPS) is 11.6. The standard InChI is InChI=1S/C18H9F5IN2O7S/c19-13-14(20)16(22)18(17(23)15(13)21)34(31,32)33-24(9-3-1-5-11(7-9)25(27)28)10-4-2-6-12(8-10)26(29)30/h1-8H,(H,27,28)/q+2. The van der Waals surface area contributed by atoms with Crippen molar-refractivity contribution in [3.05, 3.63) is 99.8 Å². The van der Waals surface area contributed by atoms with E-state index >= 15 is 0 Å². The van der Waals surface area contributed by atoms with Crippen molar-refractivity contribution >= 4 is 21.5 Å². The molecule has 0 heterocycles. The summed E-state index contributed by atoms with van der Waals surface area (Å²) in [7, 11) is -5.70. The molecule has 0 amide bonds. The van der Waals surface area contributed by atoms with Crippen molar-refractivity contribution in [3.63, 3.8) is 0 Å². The van der Waals surface area contributed by atoms with E-state index in [-0.39, 0.29) is 7.14 Å². The summed E-state index contributed by atoms with van der Waals surface area (Å²) >= 11 is -4.04. The molecular formula is C18H9F5IN2O7S+2. The molecule has 0 aliphatic heterocycles. The van der Waals surface area contributed by atoms with E-state index in [2.05, 4.69) is 0 Å². The molecule has 0 aliphatic carbocycles. The third-order valence-corrected chi connectivity index (χ3v) is 11.3. The van der Waals surface area contributed by atoms with E-state index < -0.39 is 85.6 Å². The molecule has 3 rings (SSSR count). The number of rotatable bonds is 7. The number of hydrogen-bond acceptors (Lipinski definition) is 6. The molecule has 1 N–H and O–H groups in total. The van der Waals surface area contributed by atoms with E-state index in [4.69, 9.17) is 7.72 Å². The van der Waals surface area contributed by atoms with Gasteiger partial charge in [-0.2, -0.15) is 8.42 Å². The molecule has 0 spiro atoms. The van der Waals surface area contributed by atoms with Gasteiger partial charge < -0.3 is 0 Å². The highest BCUT2D eigenvalue weighted by Crippen LogP contribution is 2.27. The van der Waals surface area contributed by atoms with Crippen molar-refractivity contribution in [3.8, 4) is 0 Å². The number of nitro groups is 1. The second kappa shape index (κ2) is 9.55. The van der Waals surface area contributed by atoms with Crippen molar-refractivity contribution in [2.75, 3.05) is 0 Å². The average Bonchev–Trinajstić information content (AvgIpc) is 2.80. The molecule has 34 heavy (non-hydrogen) atoms. The molecule has 0 fully saturated rings. The number of nitro benzene ring substituents is 1. The summed E-state index contributed by atoms with van der Waals surface area (Å²) in [4.78, 5) is 18.7. The molecule has 0 bridgehead atoms. The molecule has 0 atom stereocenters. The molecular weight excluding hydrogens is 610 g/mol. The second-order valence-electron chi connectivity index (χ2n) is 6.15. The maximum absolute atomic E-state index is 14.2. The molecule has 179 valence electrons. The van der Waals surface area contributed by atoms with Gasteiger partial charge in [-0.25, -0.2) is 27.2 Å². The van der Waals surface area contributed by atoms with Gasteiger partial charge in [-0.1, -0.05) is 12.1 Å². The van der Waals surface area contributed by atoms with E-state index in [1.807, 2.05) is 0 Å². The van der Waals surface area contributed by atoms with Crippen LogP contribution in [0.2, 0.25) is 0 Å². The zero-order valence-electron chi connectivity index (χ0n) is 16.1. The molecule has 0 aliphatic rings. The summed E-state index contributed by atoms with van der Waals surface area (Å²) in [5.74, 6) is -13.0. The average molecular weight is 619 g/mol. The van der Waals surface area contributed by atoms with Crippen LogP contribution in [0.1, 0.15) is 0 Å². The van der Waals surface area contributed by atoms with E-state index in [0.717, 1.165) is 30.3 Å². The van der Waals surface area contributed by atoms with Crippen LogP contribution in [-0.4, -0.2) is 23.5 Å². The number of halogens is 6. The summed E-state index contributed by atoms with van der Waals surface area (Å²) in [5.41, 5.74) is -0.955. The quantitative estimate of drug-likeness (QED) is 0.105. The monoisotopic (exact) mass is 619 g/mol. The maximum Gasteiger partial charge on any atom is 0.342 e. The van der Waals surface area contributed by atoms with E-state index in [0.29, 0.717) is 0 Å². The van der Waals surface area contributed by atoms with Gasteiger partial charge in [-0.15, -0.1) is 0 Å². The van der Waals surface area contributed by atoms with Gasteiger partial charge in [0, 0.05) is 12.1 Å². The van der Waals surface area contributed by atoms with Crippen LogP contribution in [0, 0.1) is 51.2 Å². The van der Waals surface area contributed by atoms with Gasteiger partial charge in [-0.3, -0.25) is 10.1 Å². The predicted octanol–water partition coefficient (Wildman–Crippen LogP) is 1.07. The summed E-state index contributed by atoms with van der Waals surface area (Å²) in [5, 5.41) is 20.2. The van der Waals surface area contributed by atoms with Gasteiger partial charge in [0.1, 0.15) is 0 Å². The SMILES string of the molecule is O=[N+]([O-])c1cccc([I+](OS(=O)(=O)c2c(F)c(F)c(F)c(F)c2F)c2cccc([N+](=O)O)c2)c1. The van der Waals surface area contributed by atoms with Crippen molar-refractivity contribution in [1.82, 2.24) is 0 Å². The van der Waals surface area contributed by atoms with Crippen molar-refractivity contribution in [2.24, 2.45) is 0 Å². The van der Waals surface area contributed by atoms with Crippen LogP contribution in [0.15, 0.2) is 53.4 Å². The highest BCUT2D eigenvalue weighted by molar-refractivity contribution is 7.86. The van der Waals surface area contributed by atoms with Gasteiger partial charge in [0.2, 0.25) is 5.82 Å². The fourth-order valence-corrected chi connectivity index (χ4v) is 9.70. The Kier molecular flexibility index (Phi) is 7.13. The second-order valence-corrected chi connectivity index (χ2v) is 12.6. The number of non-ortho nitro benzene ring substituents is 1. The molecule has 1 radical (unpaired) electrons. The van der Waals surface area contributed by atoms with E-state index in [1.54, 1.807) is 0 Å². The van der Waals surface area contributed by atoms with Crippen LogP contribution in [0.25, 0.3) is 0 Å². The van der Waals surface area contributed by atoms with Crippen LogP contribution in [-0.2, 0) is 12.6 Å². The smallest absolute Gasteiger partial charge is 0.258 e. The molecule has 0 saturated heterocycles. The van der Waals surface area contributed by atoms with E-state index in [9.17, 15) is 45.4 Å². The molecule has 9 nitrogen and oxygen atoms in total. The van der Waals surface area contributed by atoms with Crippen LogP contribution in [0.5, 0.6) is 0 Å². The minimum absolute atomic E-state index is 0.135. The van der Waals surface area contributed by atoms with Gasteiger partial charge in [0.25, 0.3) is 10.6 Å². The Bertz CT molecular complexity index is 1350. The Labute approximate surface area is 194 Å². The summed E-state index contributed by atoms with van der Waals surface area (Å²) in [6, 6.07) is 8.63. The lowest BCUT2D eigenvalue weighted by molar-refractivity contribution is -1.03. The highest BCUT2D eigenvalue weighted by Gasteiger charge is 2.44. The molecule has 3 aromatic rings. The van der Waals surface area contributed by atoms with Crippen LogP contribution in [0.3, 0.4) is 0 Å². The third kappa shape index (κ3) is 4.82. The first-order valence-electron chi connectivity index (χ1n) is 8.52. The van der Waals surface area contributed by atoms with Crippen molar-refractivity contribution < 1.29 is 68.2 Å². The lowest BCUT2D eigenvalue weighted by atomic mass is 10.3. The van der Waals surface area contributed by atoms with Crippen molar-refractivity contribution in [2.45, 2.75) is 4.90 Å². The Hall–Kier alpha value is -3.25. The van der Waals surface area contributed by atoms with Gasteiger partial charge in [0.05, 0.1) is 22.0 Å². The number of benzene rings is 3. The lowest BCUT2D eigenvalue weighted by Gasteiger charge is -2.09. The summed E-state index contributed by atoms with van der Waals surface area (Å²) in [6.45, 7) is 0. The Balaban J connectivity index is 2.23. The number of hydrogen-bond donors (Lipinski definition) is 1. The minimum atomic E-state index is -5.70. The Morgan fingerprint density at radius 3 is 1.71 bits per heavy atom. The largest absolute Gasteiger partial charge is 0.342 e. The molecule has 0 aromatic heterocycles. The fraction of sp³-hybridized carbons (Fsp3) is 0. The Morgan fingerprint density at radius 2 is 1.24 bits per heavy atom. The fourth-order valence-electron chi connectivity index (χ4n) is 2.52. The van der Waals surface area contributed by atoms with Crippen molar-refractivity contribution in [1.29, 1.82) is 0 Å². The first-order chi connectivity index (χ1) is 15.8. The van der Waals surface area contributed by atoms with Crippen LogP contribution >= 0.6 is 0 Å². The third-order valence-electron chi connectivity index (χ3n) is 4.01. The zero-order valence-corrected chi connectivity index (χ0v) is 19.1. The van der Waals surface area contributed by atoms with Gasteiger partial charge in [0.15, 0.2) is 35.3 Å². The summed E-state index contributed by atoms with van der Waals surface area (Å²) < 4.78 is 98.9. The highest BCUT2D eigenvalue weighted by atomic mass is 127. The topological polar surface area (TPSA) is 127 Å². The van der Waals surface area contributed by atoms with Gasteiger partial charge >= 0.3 is 36.0 Å². The molecule has 0 saturated carbocycles. The molecule has 3 aromatic carbocycles. The molecule has 0 unspecified atom stereocenters. The first kappa shape index (κ1) is 25.4. The predicted molar refractivity (Wildman–Crippen MR) is 96.5 cm³/mol. The minimum Gasteiger partial charge on any atom is -0.258 e. The Morgan fingerprint density at radius 1 is 0.794 bits per heavy atom. The zero-order chi connectivity index (χ0) is 25.4. The lowest BCUT2D eigenvalue weighted by Crippen LogP contribution is -3.85. The van der Waals surface area contributed by atoms with Crippen LogP contribution < -0.4 is 20.2 Å². The van der Waals surface area contributed by atoms with Crippen LogP contribution in [0.4, 0.5) is 33.3 Å². The van der Waals surface area contributed by atoms with E-state index in [1.165, 1.54) is 18.2 Å². The summed E-state index contributed by atoms with van der Waals surface area (Å²) in [6.07, 6.45) is 0. The maximum atomic E-state index is 14.2. The van der Waals surface area contributed by atoms with Gasteiger partial charge in [-0.05, 0) is 14.6 Å². The molecule has 16 heteroatoms. The first-order valence-corrected chi connectivity index (χ1v) is 13.0. The number of nitrogens with zero attached hydrogens (tertiary/aromatic N) is 2.